The highest BCUT2D eigenvalue weighted by molar-refractivity contribution is 5.94. The largest absolute Gasteiger partial charge is 0.481 e. The molecule has 1 aromatic rings. The van der Waals surface area contributed by atoms with Crippen molar-refractivity contribution in [3.63, 3.8) is 0 Å². The van der Waals surface area contributed by atoms with Crippen molar-refractivity contribution in [1.82, 2.24) is 0 Å². The summed E-state index contributed by atoms with van der Waals surface area (Å²) in [5.41, 5.74) is 0.863. The zero-order chi connectivity index (χ0) is 13.1. The van der Waals surface area contributed by atoms with Crippen LogP contribution in [0.1, 0.15) is 43.1 Å². The minimum atomic E-state index is -0.782. The van der Waals surface area contributed by atoms with E-state index in [0.717, 1.165) is 5.56 Å². The van der Waals surface area contributed by atoms with Gasteiger partial charge >= 0.3 is 5.97 Å². The monoisotopic (exact) mass is 234 g/mol. The first-order valence-electron chi connectivity index (χ1n) is 5.72. The van der Waals surface area contributed by atoms with Crippen molar-refractivity contribution >= 4 is 11.8 Å². The fraction of sp³-hybridized carbons (Fsp3) is 0.429. The van der Waals surface area contributed by atoms with Gasteiger partial charge in [-0.1, -0.05) is 31.2 Å². The van der Waals surface area contributed by atoms with Crippen LogP contribution in [0.2, 0.25) is 0 Å². The molecule has 1 atom stereocenters. The van der Waals surface area contributed by atoms with E-state index in [4.69, 9.17) is 0 Å². The number of rotatable bonds is 5. The van der Waals surface area contributed by atoms with Gasteiger partial charge in [0.25, 0.3) is 0 Å². The Morgan fingerprint density at radius 3 is 2.12 bits per heavy atom. The number of hydrogen-bond acceptors (Lipinski definition) is 2. The molecule has 0 spiro atoms. The zero-order valence-corrected chi connectivity index (χ0v) is 10.5. The molecule has 0 aliphatic heterocycles. The Balaban J connectivity index is 2.88. The second-order valence-corrected chi connectivity index (χ2v) is 4.65. The van der Waals surface area contributed by atoms with E-state index >= 15 is 0 Å². The van der Waals surface area contributed by atoms with Crippen LogP contribution < -0.4 is 0 Å². The van der Waals surface area contributed by atoms with E-state index in [9.17, 15) is 14.7 Å². The topological polar surface area (TPSA) is 54.4 Å². The highest BCUT2D eigenvalue weighted by atomic mass is 16.4. The second-order valence-electron chi connectivity index (χ2n) is 4.65. The summed E-state index contributed by atoms with van der Waals surface area (Å²) in [6.07, 6.45) is 1.06. The van der Waals surface area contributed by atoms with Crippen molar-refractivity contribution in [3.05, 3.63) is 35.4 Å². The molecule has 1 N–H and O–H groups in total. The lowest BCUT2D eigenvalue weighted by Gasteiger charge is -2.22. The van der Waals surface area contributed by atoms with Gasteiger partial charge in [0, 0.05) is 5.56 Å². The number of Topliss-reactive ketones (excluding diaryl/α,β-unsaturated/α-hetero) is 1. The number of ketones is 1. The van der Waals surface area contributed by atoms with Gasteiger partial charge in [-0.15, -0.1) is 0 Å². The third kappa shape index (κ3) is 3.16. The van der Waals surface area contributed by atoms with Gasteiger partial charge in [0.15, 0.2) is 5.78 Å². The average molecular weight is 234 g/mol. The summed E-state index contributed by atoms with van der Waals surface area (Å²) in [6, 6.07) is 7.15. The number of benzene rings is 1. The molecule has 0 saturated heterocycles. The van der Waals surface area contributed by atoms with Crippen LogP contribution >= 0.6 is 0 Å². The molecule has 0 amide bonds. The predicted molar refractivity (Wildman–Crippen MR) is 66.2 cm³/mol. The minimum absolute atomic E-state index is 0.0213. The van der Waals surface area contributed by atoms with Gasteiger partial charge in [0.2, 0.25) is 0 Å². The highest BCUT2D eigenvalue weighted by Gasteiger charge is 2.31. The number of carbonyl (C=O) groups excluding carboxylic acids is 1. The Bertz CT molecular complexity index is 420. The summed E-state index contributed by atoms with van der Waals surface area (Å²) in [5.74, 6) is -0.760. The first-order valence-corrected chi connectivity index (χ1v) is 5.72. The first kappa shape index (κ1) is 13.4. The average Bonchev–Trinajstić information content (AvgIpc) is 2.29. The highest BCUT2D eigenvalue weighted by Crippen LogP contribution is 2.26. The minimum Gasteiger partial charge on any atom is -0.481 e. The molecule has 92 valence electrons. The van der Waals surface area contributed by atoms with E-state index < -0.39 is 11.4 Å². The summed E-state index contributed by atoms with van der Waals surface area (Å²) >= 11 is 0. The van der Waals surface area contributed by atoms with Crippen molar-refractivity contribution in [2.45, 2.75) is 33.6 Å². The molecule has 0 saturated carbocycles. The fourth-order valence-corrected chi connectivity index (χ4v) is 1.66. The van der Waals surface area contributed by atoms with Gasteiger partial charge in [0.1, 0.15) is 0 Å². The lowest BCUT2D eigenvalue weighted by Crippen LogP contribution is -2.29. The Kier molecular flexibility index (Phi) is 4.05. The van der Waals surface area contributed by atoms with Crippen LogP contribution in [0, 0.1) is 5.41 Å². The number of hydrogen-bond donors (Lipinski definition) is 1. The molecular weight excluding hydrogens is 216 g/mol. The molecule has 17 heavy (non-hydrogen) atoms. The van der Waals surface area contributed by atoms with E-state index in [1.165, 1.54) is 6.92 Å². The lowest BCUT2D eigenvalue weighted by molar-refractivity contribution is -0.148. The van der Waals surface area contributed by atoms with Crippen LogP contribution in [-0.4, -0.2) is 16.9 Å². The van der Waals surface area contributed by atoms with Crippen molar-refractivity contribution in [1.29, 1.82) is 0 Å². The molecule has 1 aromatic carbocycles. The first-order chi connectivity index (χ1) is 7.89. The summed E-state index contributed by atoms with van der Waals surface area (Å²) in [5, 5.41) is 9.18. The molecule has 3 nitrogen and oxygen atoms in total. The van der Waals surface area contributed by atoms with Gasteiger partial charge in [-0.2, -0.15) is 0 Å². The van der Waals surface area contributed by atoms with Crippen LogP contribution in [0.25, 0.3) is 0 Å². The van der Waals surface area contributed by atoms with E-state index in [1.54, 1.807) is 19.1 Å². The van der Waals surface area contributed by atoms with Crippen LogP contribution in [0.5, 0.6) is 0 Å². The molecule has 0 heterocycles. The Hall–Kier alpha value is -1.64. The van der Waals surface area contributed by atoms with Crippen molar-refractivity contribution in [2.75, 3.05) is 0 Å². The quantitative estimate of drug-likeness (QED) is 0.797. The molecule has 0 aliphatic rings. The standard InChI is InChI=1S/C14H18O3/c1-4-14(3,13(16)17)9-11-5-7-12(8-6-11)10(2)15/h5-8H,4,9H2,1-3H3,(H,16,17). The summed E-state index contributed by atoms with van der Waals surface area (Å²) < 4.78 is 0. The summed E-state index contributed by atoms with van der Waals surface area (Å²) in [7, 11) is 0. The zero-order valence-electron chi connectivity index (χ0n) is 10.5. The molecule has 0 fully saturated rings. The third-order valence-corrected chi connectivity index (χ3v) is 3.25. The number of aliphatic carboxylic acids is 1. The Labute approximate surface area is 101 Å². The smallest absolute Gasteiger partial charge is 0.309 e. The molecule has 0 aliphatic carbocycles. The molecule has 0 bridgehead atoms. The van der Waals surface area contributed by atoms with Gasteiger partial charge in [-0.05, 0) is 32.3 Å². The van der Waals surface area contributed by atoms with Gasteiger partial charge in [-0.25, -0.2) is 0 Å². The van der Waals surface area contributed by atoms with Crippen LogP contribution in [0.15, 0.2) is 24.3 Å². The SMILES string of the molecule is CCC(C)(Cc1ccc(C(C)=O)cc1)C(=O)O. The van der Waals surface area contributed by atoms with Crippen molar-refractivity contribution < 1.29 is 14.7 Å². The normalized spacial score (nSPS) is 14.1. The van der Waals surface area contributed by atoms with E-state index in [1.807, 2.05) is 19.1 Å². The predicted octanol–water partition coefficient (Wildman–Crippen LogP) is 2.93. The van der Waals surface area contributed by atoms with Crippen LogP contribution in [0.4, 0.5) is 0 Å². The molecule has 3 heteroatoms. The van der Waals surface area contributed by atoms with Crippen molar-refractivity contribution in [2.24, 2.45) is 5.41 Å². The van der Waals surface area contributed by atoms with Gasteiger partial charge in [-0.3, -0.25) is 9.59 Å². The second kappa shape index (κ2) is 5.13. The number of carbonyl (C=O) groups is 2. The molecule has 0 radical (unpaired) electrons. The maximum atomic E-state index is 11.2. The fourth-order valence-electron chi connectivity index (χ4n) is 1.66. The van der Waals surface area contributed by atoms with Gasteiger partial charge < -0.3 is 5.11 Å². The van der Waals surface area contributed by atoms with E-state index in [0.29, 0.717) is 18.4 Å². The summed E-state index contributed by atoms with van der Waals surface area (Å²) in [6.45, 7) is 5.13. The van der Waals surface area contributed by atoms with Crippen LogP contribution in [0.3, 0.4) is 0 Å². The van der Waals surface area contributed by atoms with Gasteiger partial charge in [0.05, 0.1) is 5.41 Å². The van der Waals surface area contributed by atoms with E-state index in [-0.39, 0.29) is 5.78 Å². The Morgan fingerprint density at radius 1 is 1.24 bits per heavy atom. The maximum Gasteiger partial charge on any atom is 0.309 e. The molecule has 0 aromatic heterocycles. The number of carboxylic acids is 1. The van der Waals surface area contributed by atoms with E-state index in [2.05, 4.69) is 0 Å². The maximum absolute atomic E-state index is 11.2. The lowest BCUT2D eigenvalue weighted by atomic mass is 9.81. The molecular formula is C14H18O3. The molecule has 1 unspecified atom stereocenters. The van der Waals surface area contributed by atoms with Crippen molar-refractivity contribution in [3.8, 4) is 0 Å². The summed E-state index contributed by atoms with van der Waals surface area (Å²) in [4.78, 5) is 22.3. The third-order valence-electron chi connectivity index (χ3n) is 3.25. The Morgan fingerprint density at radius 2 is 1.76 bits per heavy atom. The van der Waals surface area contributed by atoms with Crippen LogP contribution in [-0.2, 0) is 11.2 Å². The molecule has 1 rings (SSSR count). The number of carboxylic acid groups (broad SMARTS) is 1.